The first kappa shape index (κ1) is 22.3. The first-order valence-corrected chi connectivity index (χ1v) is 10.9. The number of carbonyl (C=O) groups excluding carboxylic acids is 2. The van der Waals surface area contributed by atoms with Crippen LogP contribution in [0.1, 0.15) is 49.9 Å². The first-order valence-electron chi connectivity index (χ1n) is 9.44. The summed E-state index contributed by atoms with van der Waals surface area (Å²) in [5.74, 6) is -1.36. The summed E-state index contributed by atoms with van der Waals surface area (Å²) in [5, 5.41) is 13.1. The van der Waals surface area contributed by atoms with Crippen molar-refractivity contribution in [2.45, 2.75) is 56.6 Å². The first-order chi connectivity index (χ1) is 13.2. The summed E-state index contributed by atoms with van der Waals surface area (Å²) < 4.78 is 32.6. The number of benzene rings is 1. The molecule has 0 unspecified atom stereocenters. The Morgan fingerprint density at radius 1 is 1.11 bits per heavy atom. The molecular formula is C19H27N2O6S-. The van der Waals surface area contributed by atoms with Crippen LogP contribution in [0.25, 0.3) is 0 Å². The van der Waals surface area contributed by atoms with Crippen molar-refractivity contribution in [2.24, 2.45) is 0 Å². The number of hydrogen-bond acceptors (Lipinski definition) is 6. The maximum Gasteiger partial charge on any atom is 0.251 e. The van der Waals surface area contributed by atoms with Crippen LogP contribution in [0.2, 0.25) is 0 Å². The number of amides is 1. The molecule has 0 aromatic heterocycles. The topological polar surface area (TPSA) is 116 Å². The molecular weight excluding hydrogens is 384 g/mol. The molecule has 8 nitrogen and oxygen atoms in total. The summed E-state index contributed by atoms with van der Waals surface area (Å²) in [6, 6.07) is 5.86. The van der Waals surface area contributed by atoms with Crippen molar-refractivity contribution in [1.82, 2.24) is 9.62 Å². The lowest BCUT2D eigenvalue weighted by Gasteiger charge is -2.34. The van der Waals surface area contributed by atoms with E-state index in [2.05, 4.69) is 5.32 Å². The van der Waals surface area contributed by atoms with Gasteiger partial charge < -0.3 is 20.0 Å². The van der Waals surface area contributed by atoms with E-state index in [9.17, 15) is 23.1 Å². The van der Waals surface area contributed by atoms with E-state index in [1.54, 1.807) is 0 Å². The molecule has 1 saturated heterocycles. The number of aliphatic carboxylic acids is 1. The number of carboxylic acid groups (broad SMARTS) is 1. The number of carboxylic acids is 1. The van der Waals surface area contributed by atoms with Gasteiger partial charge in [0, 0.05) is 31.2 Å². The average Bonchev–Trinajstić information content (AvgIpc) is 2.63. The van der Waals surface area contributed by atoms with Gasteiger partial charge >= 0.3 is 0 Å². The second kappa shape index (κ2) is 9.99. The Labute approximate surface area is 165 Å². The Morgan fingerprint density at radius 3 is 2.29 bits per heavy atom. The molecule has 1 fully saturated rings. The second-order valence-electron chi connectivity index (χ2n) is 7.04. The normalized spacial score (nSPS) is 20.6. The van der Waals surface area contributed by atoms with Crippen molar-refractivity contribution in [1.29, 1.82) is 0 Å². The van der Waals surface area contributed by atoms with Crippen molar-refractivity contribution >= 4 is 21.9 Å². The molecule has 0 saturated carbocycles. The Bertz CT molecular complexity index is 768. The van der Waals surface area contributed by atoms with E-state index in [4.69, 9.17) is 4.74 Å². The third kappa shape index (κ3) is 6.29. The third-order valence-corrected chi connectivity index (χ3v) is 6.33. The Balaban J connectivity index is 1.89. The van der Waals surface area contributed by atoms with Crippen LogP contribution >= 0.6 is 0 Å². The fraction of sp³-hybridized carbons (Fsp3) is 0.579. The highest BCUT2D eigenvalue weighted by molar-refractivity contribution is 7.89. The molecule has 1 heterocycles. The smallest absolute Gasteiger partial charge is 0.251 e. The van der Waals surface area contributed by atoms with Gasteiger partial charge in [-0.15, -0.1) is 0 Å². The molecule has 28 heavy (non-hydrogen) atoms. The molecule has 1 N–H and O–H groups in total. The van der Waals surface area contributed by atoms with E-state index in [1.807, 2.05) is 13.8 Å². The second-order valence-corrected chi connectivity index (χ2v) is 8.98. The molecule has 0 spiro atoms. The maximum atomic E-state index is 12.8. The van der Waals surface area contributed by atoms with Crippen LogP contribution in [0, 0.1) is 0 Å². The van der Waals surface area contributed by atoms with E-state index < -0.39 is 16.0 Å². The minimum Gasteiger partial charge on any atom is -0.550 e. The minimum absolute atomic E-state index is 0.0184. The van der Waals surface area contributed by atoms with Crippen molar-refractivity contribution in [2.75, 3.05) is 19.6 Å². The average molecular weight is 412 g/mol. The molecule has 156 valence electrons. The van der Waals surface area contributed by atoms with Crippen LogP contribution < -0.4 is 10.4 Å². The van der Waals surface area contributed by atoms with Crippen molar-refractivity contribution < 1.29 is 27.9 Å². The number of unbranched alkanes of at least 4 members (excludes halogenated alkanes) is 2. The lowest BCUT2D eigenvalue weighted by Crippen LogP contribution is -2.48. The lowest BCUT2D eigenvalue weighted by atomic mass is 10.2. The number of ether oxygens (including phenoxy) is 1. The zero-order valence-electron chi connectivity index (χ0n) is 16.2. The van der Waals surface area contributed by atoms with Crippen molar-refractivity contribution in [3.8, 4) is 0 Å². The molecule has 1 aliphatic rings. The van der Waals surface area contributed by atoms with Gasteiger partial charge in [-0.2, -0.15) is 4.31 Å². The van der Waals surface area contributed by atoms with Crippen molar-refractivity contribution in [3.63, 3.8) is 0 Å². The monoisotopic (exact) mass is 411 g/mol. The van der Waals surface area contributed by atoms with E-state index >= 15 is 0 Å². The molecule has 2 rings (SSSR count). The van der Waals surface area contributed by atoms with E-state index in [-0.39, 0.29) is 29.4 Å². The zero-order chi connectivity index (χ0) is 20.7. The number of sulfonamides is 1. The number of rotatable bonds is 9. The van der Waals surface area contributed by atoms with Gasteiger partial charge in [0.15, 0.2) is 0 Å². The highest BCUT2D eigenvalue weighted by Crippen LogP contribution is 2.21. The standard InChI is InChI=1S/C19H28N2O6S/c1-14-12-21(13-15(2)27-14)28(25,26)17-9-7-16(8-10-17)19(24)20-11-5-3-4-6-18(22)23/h7-10,14-15H,3-6,11-13H2,1-2H3,(H,20,24)(H,22,23)/p-1/t14-,15+. The molecule has 1 aromatic rings. The van der Waals surface area contributed by atoms with E-state index in [1.165, 1.54) is 28.6 Å². The van der Waals surface area contributed by atoms with Crippen LogP contribution in [-0.4, -0.2) is 56.4 Å². The van der Waals surface area contributed by atoms with Gasteiger partial charge in [0.2, 0.25) is 10.0 Å². The van der Waals surface area contributed by atoms with Crippen molar-refractivity contribution in [3.05, 3.63) is 29.8 Å². The Hall–Kier alpha value is -1.97. The molecule has 1 amide bonds. The molecule has 2 atom stereocenters. The third-order valence-electron chi connectivity index (χ3n) is 4.48. The largest absolute Gasteiger partial charge is 0.550 e. The summed E-state index contributed by atoms with van der Waals surface area (Å²) in [4.78, 5) is 22.6. The summed E-state index contributed by atoms with van der Waals surface area (Å²) >= 11 is 0. The van der Waals surface area contributed by atoms with Gasteiger partial charge in [-0.05, 0) is 57.4 Å². The summed E-state index contributed by atoms with van der Waals surface area (Å²) in [5.41, 5.74) is 0.373. The summed E-state index contributed by atoms with van der Waals surface area (Å²) in [6.45, 7) is 4.70. The molecule has 0 radical (unpaired) electrons. The predicted molar refractivity (Wildman–Crippen MR) is 101 cm³/mol. The van der Waals surface area contributed by atoms with Crippen LogP contribution in [-0.2, 0) is 19.6 Å². The van der Waals surface area contributed by atoms with E-state index in [0.717, 1.165) is 0 Å². The predicted octanol–water partition coefficient (Wildman–Crippen LogP) is 0.525. The highest BCUT2D eigenvalue weighted by Gasteiger charge is 2.32. The van der Waals surface area contributed by atoms with E-state index in [0.29, 0.717) is 44.5 Å². The zero-order valence-corrected chi connectivity index (χ0v) is 17.0. The number of nitrogens with zero attached hydrogens (tertiary/aromatic N) is 1. The van der Waals surface area contributed by atoms with Crippen LogP contribution in [0.3, 0.4) is 0 Å². The van der Waals surface area contributed by atoms with Gasteiger partial charge in [0.1, 0.15) is 0 Å². The van der Waals surface area contributed by atoms with Gasteiger partial charge in [-0.3, -0.25) is 4.79 Å². The Morgan fingerprint density at radius 2 is 1.71 bits per heavy atom. The van der Waals surface area contributed by atoms with Crippen LogP contribution in [0.5, 0.6) is 0 Å². The fourth-order valence-electron chi connectivity index (χ4n) is 3.13. The number of hydrogen-bond donors (Lipinski definition) is 1. The number of carbonyl (C=O) groups is 2. The molecule has 9 heteroatoms. The molecule has 1 aliphatic heterocycles. The fourth-order valence-corrected chi connectivity index (χ4v) is 4.72. The van der Waals surface area contributed by atoms with Crippen LogP contribution in [0.4, 0.5) is 0 Å². The number of nitrogens with one attached hydrogen (secondary N) is 1. The maximum absolute atomic E-state index is 12.8. The summed E-state index contributed by atoms with van der Waals surface area (Å²) in [6.07, 6.45) is 1.54. The lowest BCUT2D eigenvalue weighted by molar-refractivity contribution is -0.305. The van der Waals surface area contributed by atoms with Crippen LogP contribution in [0.15, 0.2) is 29.2 Å². The minimum atomic E-state index is -3.64. The molecule has 0 aliphatic carbocycles. The van der Waals surface area contributed by atoms with Gasteiger partial charge in [0.25, 0.3) is 5.91 Å². The van der Waals surface area contributed by atoms with Gasteiger partial charge in [-0.1, -0.05) is 6.42 Å². The van der Waals surface area contributed by atoms with Gasteiger partial charge in [-0.25, -0.2) is 8.42 Å². The SMILES string of the molecule is C[C@@H]1CN(S(=O)(=O)c2ccc(C(=O)NCCCCCC(=O)[O-])cc2)C[C@H](C)O1. The molecule has 1 aromatic carbocycles. The molecule has 0 bridgehead atoms. The quantitative estimate of drug-likeness (QED) is 0.593. The Kier molecular flexibility index (Phi) is 7.97. The highest BCUT2D eigenvalue weighted by atomic mass is 32.2. The summed E-state index contributed by atoms with van der Waals surface area (Å²) in [7, 11) is -3.64. The number of morpholine rings is 1. The van der Waals surface area contributed by atoms with Gasteiger partial charge in [0.05, 0.1) is 17.1 Å².